The van der Waals surface area contributed by atoms with Crippen molar-refractivity contribution in [3.63, 3.8) is 0 Å². The van der Waals surface area contributed by atoms with E-state index in [0.717, 1.165) is 12.5 Å². The third kappa shape index (κ3) is 9.66. The monoisotopic (exact) mass is 243 g/mol. The molecule has 0 heterocycles. The third-order valence-corrected chi connectivity index (χ3v) is 1.88. The van der Waals surface area contributed by atoms with E-state index in [1.165, 1.54) is 0 Å². The predicted molar refractivity (Wildman–Crippen MR) is 70.1 cm³/mol. The number of carbonyl (C=O) groups excluding carboxylic acids is 1. The fraction of sp³-hybridized carbons (Fsp3) is 0.833. The molecule has 0 aromatic carbocycles. The Hall–Kier alpha value is -1.26. The molecule has 0 bridgehead atoms. The summed E-state index contributed by atoms with van der Waals surface area (Å²) in [4.78, 5) is 15.5. The van der Waals surface area contributed by atoms with Crippen LogP contribution in [0.25, 0.3) is 0 Å². The maximum Gasteiger partial charge on any atom is 0.305 e. The number of aliphatic imine (C=N–C) groups is 1. The van der Waals surface area contributed by atoms with Gasteiger partial charge >= 0.3 is 5.97 Å². The lowest BCUT2D eigenvalue weighted by Crippen LogP contribution is -2.41. The quantitative estimate of drug-likeness (QED) is 0.306. The van der Waals surface area contributed by atoms with Gasteiger partial charge in [-0.05, 0) is 34.1 Å². The van der Waals surface area contributed by atoms with Gasteiger partial charge in [0.25, 0.3) is 0 Å². The zero-order valence-corrected chi connectivity index (χ0v) is 11.4. The molecule has 0 fully saturated rings. The van der Waals surface area contributed by atoms with E-state index < -0.39 is 0 Å². The summed E-state index contributed by atoms with van der Waals surface area (Å²) in [6, 6.07) is 0.345. The first kappa shape index (κ1) is 15.7. The smallest absolute Gasteiger partial charge is 0.305 e. The molecule has 0 amide bonds. The fourth-order valence-corrected chi connectivity index (χ4v) is 1.24. The van der Waals surface area contributed by atoms with Crippen LogP contribution < -0.4 is 10.6 Å². The Morgan fingerprint density at radius 1 is 1.35 bits per heavy atom. The summed E-state index contributed by atoms with van der Waals surface area (Å²) in [7, 11) is 0. The molecule has 5 heteroatoms. The van der Waals surface area contributed by atoms with Gasteiger partial charge in [-0.25, -0.2) is 0 Å². The molecule has 0 aromatic rings. The fourth-order valence-electron chi connectivity index (χ4n) is 1.24. The molecular weight excluding hydrogens is 218 g/mol. The summed E-state index contributed by atoms with van der Waals surface area (Å²) < 4.78 is 4.84. The summed E-state index contributed by atoms with van der Waals surface area (Å²) in [5.41, 5.74) is 0. The van der Waals surface area contributed by atoms with Crippen molar-refractivity contribution >= 4 is 11.9 Å². The van der Waals surface area contributed by atoms with Crippen molar-refractivity contribution in [3.8, 4) is 0 Å². The van der Waals surface area contributed by atoms with Crippen molar-refractivity contribution in [2.45, 2.75) is 46.6 Å². The molecule has 0 aliphatic heterocycles. The Bertz CT molecular complexity index is 240. The molecule has 0 spiro atoms. The largest absolute Gasteiger partial charge is 0.466 e. The summed E-state index contributed by atoms with van der Waals surface area (Å²) in [6.07, 6.45) is 1.14. The normalized spacial score (nSPS) is 11.5. The second kappa shape index (κ2) is 9.93. The molecule has 0 rings (SSSR count). The number of guanidine groups is 1. The molecule has 0 saturated carbocycles. The summed E-state index contributed by atoms with van der Waals surface area (Å²) in [5.74, 6) is 0.649. The lowest BCUT2D eigenvalue weighted by molar-refractivity contribution is -0.143. The van der Waals surface area contributed by atoms with Crippen molar-refractivity contribution in [1.82, 2.24) is 10.6 Å². The van der Waals surface area contributed by atoms with Crippen molar-refractivity contribution in [3.05, 3.63) is 0 Å². The highest BCUT2D eigenvalue weighted by atomic mass is 16.5. The van der Waals surface area contributed by atoms with Gasteiger partial charge in [-0.2, -0.15) is 0 Å². The second-order valence-corrected chi connectivity index (χ2v) is 3.97. The minimum Gasteiger partial charge on any atom is -0.466 e. The maximum absolute atomic E-state index is 11.1. The number of hydrogen-bond acceptors (Lipinski definition) is 3. The van der Waals surface area contributed by atoms with Gasteiger partial charge < -0.3 is 15.4 Å². The molecular formula is C12H25N3O2. The van der Waals surface area contributed by atoms with E-state index >= 15 is 0 Å². The molecule has 0 aromatic heterocycles. The minimum absolute atomic E-state index is 0.149. The van der Waals surface area contributed by atoms with Crippen LogP contribution in [0.4, 0.5) is 0 Å². The highest BCUT2D eigenvalue weighted by Crippen LogP contribution is 1.93. The van der Waals surface area contributed by atoms with E-state index in [2.05, 4.69) is 29.5 Å². The first-order chi connectivity index (χ1) is 8.10. The van der Waals surface area contributed by atoms with Crippen LogP contribution in [-0.2, 0) is 9.53 Å². The number of hydrogen-bond donors (Lipinski definition) is 2. The molecule has 2 N–H and O–H groups in total. The Morgan fingerprint density at radius 2 is 2.06 bits per heavy atom. The van der Waals surface area contributed by atoms with Crippen LogP contribution in [0.2, 0.25) is 0 Å². The number of esters is 1. The summed E-state index contributed by atoms with van der Waals surface area (Å²) in [5, 5.41) is 6.37. The minimum atomic E-state index is -0.149. The number of nitrogens with zero attached hydrogens (tertiary/aromatic N) is 1. The highest BCUT2D eigenvalue weighted by Gasteiger charge is 2.02. The summed E-state index contributed by atoms with van der Waals surface area (Å²) in [6.45, 7) is 9.86. The molecule has 0 aliphatic rings. The van der Waals surface area contributed by atoms with E-state index in [0.29, 0.717) is 32.0 Å². The SMILES string of the molecule is CCNC(=NCCCC(=O)OCC)NC(C)C. The van der Waals surface area contributed by atoms with Crippen LogP contribution in [0, 0.1) is 0 Å². The number of carbonyl (C=O) groups is 1. The van der Waals surface area contributed by atoms with Crippen molar-refractivity contribution in [1.29, 1.82) is 0 Å². The van der Waals surface area contributed by atoms with E-state index in [4.69, 9.17) is 4.74 Å². The third-order valence-electron chi connectivity index (χ3n) is 1.88. The van der Waals surface area contributed by atoms with E-state index in [-0.39, 0.29) is 5.97 Å². The van der Waals surface area contributed by atoms with Gasteiger partial charge in [0, 0.05) is 25.6 Å². The zero-order valence-electron chi connectivity index (χ0n) is 11.4. The van der Waals surface area contributed by atoms with Gasteiger partial charge in [0.05, 0.1) is 6.61 Å². The molecule has 0 saturated heterocycles. The number of ether oxygens (including phenoxy) is 1. The molecule has 0 atom stereocenters. The standard InChI is InChI=1S/C12H25N3O2/c1-5-13-12(15-10(3)4)14-9-7-8-11(16)17-6-2/h10H,5-9H2,1-4H3,(H2,13,14,15). The number of rotatable bonds is 7. The first-order valence-corrected chi connectivity index (χ1v) is 6.30. The Kier molecular flexibility index (Phi) is 9.19. The van der Waals surface area contributed by atoms with Crippen LogP contribution in [-0.4, -0.2) is 37.7 Å². The Labute approximate surface area is 104 Å². The molecule has 17 heavy (non-hydrogen) atoms. The average molecular weight is 243 g/mol. The van der Waals surface area contributed by atoms with Gasteiger partial charge in [-0.15, -0.1) is 0 Å². The molecule has 0 radical (unpaired) electrons. The first-order valence-electron chi connectivity index (χ1n) is 6.30. The average Bonchev–Trinajstić information content (AvgIpc) is 2.24. The van der Waals surface area contributed by atoms with Crippen molar-refractivity contribution < 1.29 is 9.53 Å². The summed E-state index contributed by atoms with van der Waals surface area (Å²) >= 11 is 0. The molecule has 0 unspecified atom stereocenters. The van der Waals surface area contributed by atoms with Gasteiger partial charge in [-0.1, -0.05) is 0 Å². The van der Waals surface area contributed by atoms with Crippen molar-refractivity contribution in [2.24, 2.45) is 4.99 Å². The topological polar surface area (TPSA) is 62.7 Å². The van der Waals surface area contributed by atoms with Crippen LogP contribution in [0.5, 0.6) is 0 Å². The van der Waals surface area contributed by atoms with Crippen LogP contribution in [0.3, 0.4) is 0 Å². The lowest BCUT2D eigenvalue weighted by atomic mass is 10.3. The van der Waals surface area contributed by atoms with Crippen LogP contribution >= 0.6 is 0 Å². The molecule has 5 nitrogen and oxygen atoms in total. The van der Waals surface area contributed by atoms with Crippen LogP contribution in [0.15, 0.2) is 4.99 Å². The Morgan fingerprint density at radius 3 is 2.59 bits per heavy atom. The number of nitrogens with one attached hydrogen (secondary N) is 2. The van der Waals surface area contributed by atoms with Crippen molar-refractivity contribution in [2.75, 3.05) is 19.7 Å². The van der Waals surface area contributed by atoms with Gasteiger partial charge in [0.1, 0.15) is 0 Å². The van der Waals surface area contributed by atoms with Gasteiger partial charge in [0.2, 0.25) is 0 Å². The lowest BCUT2D eigenvalue weighted by Gasteiger charge is -2.13. The highest BCUT2D eigenvalue weighted by molar-refractivity contribution is 5.80. The van der Waals surface area contributed by atoms with E-state index in [1.54, 1.807) is 0 Å². The Balaban J connectivity index is 3.87. The van der Waals surface area contributed by atoms with Gasteiger partial charge in [0.15, 0.2) is 5.96 Å². The molecule has 100 valence electrons. The van der Waals surface area contributed by atoms with Crippen LogP contribution in [0.1, 0.15) is 40.5 Å². The van der Waals surface area contributed by atoms with E-state index in [9.17, 15) is 4.79 Å². The van der Waals surface area contributed by atoms with E-state index in [1.807, 2.05) is 13.8 Å². The predicted octanol–water partition coefficient (Wildman–Crippen LogP) is 1.29. The zero-order chi connectivity index (χ0) is 13.1. The maximum atomic E-state index is 11.1. The second-order valence-electron chi connectivity index (χ2n) is 3.97. The van der Waals surface area contributed by atoms with Gasteiger partial charge in [-0.3, -0.25) is 9.79 Å². The molecule has 0 aliphatic carbocycles.